The summed E-state index contributed by atoms with van der Waals surface area (Å²) in [6.07, 6.45) is 0. The molecule has 90 valence electrons. The predicted molar refractivity (Wildman–Crippen MR) is 76.3 cm³/mol. The summed E-state index contributed by atoms with van der Waals surface area (Å²) in [7, 11) is 0. The smallest absolute Gasteiger partial charge is 0.0441 e. The van der Waals surface area contributed by atoms with E-state index in [-0.39, 0.29) is 12.4 Å². The molecular formula is C13H16ClN3. The molecule has 0 saturated carbocycles. The van der Waals surface area contributed by atoms with Crippen LogP contribution >= 0.6 is 12.4 Å². The Morgan fingerprint density at radius 3 is 2.00 bits per heavy atom. The van der Waals surface area contributed by atoms with Crippen molar-refractivity contribution in [1.82, 2.24) is 0 Å². The van der Waals surface area contributed by atoms with Crippen molar-refractivity contribution in [2.45, 2.75) is 6.54 Å². The maximum atomic E-state index is 5.87. The third-order valence-corrected chi connectivity index (χ3v) is 2.49. The Hall–Kier alpha value is -1.87. The SMILES string of the molecule is Cl.Nc1cccc(N)c1CNc1ccccc1. The van der Waals surface area contributed by atoms with Gasteiger partial charge in [-0.3, -0.25) is 0 Å². The van der Waals surface area contributed by atoms with Crippen LogP contribution in [0.1, 0.15) is 5.56 Å². The number of para-hydroxylation sites is 1. The van der Waals surface area contributed by atoms with Gasteiger partial charge in [-0.25, -0.2) is 0 Å². The highest BCUT2D eigenvalue weighted by Crippen LogP contribution is 2.20. The minimum absolute atomic E-state index is 0. The number of rotatable bonds is 3. The van der Waals surface area contributed by atoms with Gasteiger partial charge >= 0.3 is 0 Å². The summed E-state index contributed by atoms with van der Waals surface area (Å²) in [6, 6.07) is 15.6. The molecular weight excluding hydrogens is 234 g/mol. The van der Waals surface area contributed by atoms with E-state index in [0.29, 0.717) is 6.54 Å². The van der Waals surface area contributed by atoms with Crippen molar-refractivity contribution < 1.29 is 0 Å². The van der Waals surface area contributed by atoms with Gasteiger partial charge in [-0.2, -0.15) is 0 Å². The Morgan fingerprint density at radius 2 is 1.41 bits per heavy atom. The van der Waals surface area contributed by atoms with E-state index in [9.17, 15) is 0 Å². The molecule has 0 saturated heterocycles. The van der Waals surface area contributed by atoms with Crippen LogP contribution in [0.4, 0.5) is 17.1 Å². The van der Waals surface area contributed by atoms with Gasteiger partial charge in [0.2, 0.25) is 0 Å². The van der Waals surface area contributed by atoms with Gasteiger partial charge in [0.25, 0.3) is 0 Å². The maximum absolute atomic E-state index is 5.87. The average Bonchev–Trinajstić information content (AvgIpc) is 2.30. The molecule has 4 heteroatoms. The monoisotopic (exact) mass is 249 g/mol. The number of hydrogen-bond acceptors (Lipinski definition) is 3. The molecule has 0 heterocycles. The molecule has 0 aliphatic rings. The second-order valence-electron chi connectivity index (χ2n) is 3.63. The summed E-state index contributed by atoms with van der Waals surface area (Å²) >= 11 is 0. The third kappa shape index (κ3) is 3.29. The average molecular weight is 250 g/mol. The molecule has 0 bridgehead atoms. The Labute approximate surface area is 107 Å². The Bertz CT molecular complexity index is 451. The summed E-state index contributed by atoms with van der Waals surface area (Å²) in [5.74, 6) is 0. The summed E-state index contributed by atoms with van der Waals surface area (Å²) in [5.41, 5.74) is 15.2. The highest BCUT2D eigenvalue weighted by Gasteiger charge is 2.02. The van der Waals surface area contributed by atoms with E-state index in [2.05, 4.69) is 5.32 Å². The van der Waals surface area contributed by atoms with Crippen molar-refractivity contribution in [2.24, 2.45) is 0 Å². The maximum Gasteiger partial charge on any atom is 0.0441 e. The zero-order valence-electron chi connectivity index (χ0n) is 9.39. The fourth-order valence-corrected chi connectivity index (χ4v) is 1.57. The van der Waals surface area contributed by atoms with E-state index < -0.39 is 0 Å². The molecule has 5 N–H and O–H groups in total. The molecule has 0 aliphatic heterocycles. The van der Waals surface area contributed by atoms with Gasteiger partial charge in [0.1, 0.15) is 0 Å². The van der Waals surface area contributed by atoms with Crippen molar-refractivity contribution in [3.63, 3.8) is 0 Å². The minimum atomic E-state index is 0. The number of nitrogen functional groups attached to an aromatic ring is 2. The first-order valence-corrected chi connectivity index (χ1v) is 5.19. The first kappa shape index (κ1) is 13.2. The quantitative estimate of drug-likeness (QED) is 0.733. The van der Waals surface area contributed by atoms with Gasteiger partial charge in [-0.1, -0.05) is 24.3 Å². The van der Waals surface area contributed by atoms with Crippen LogP contribution in [-0.4, -0.2) is 0 Å². The van der Waals surface area contributed by atoms with E-state index in [1.165, 1.54) is 0 Å². The molecule has 3 nitrogen and oxygen atoms in total. The molecule has 0 spiro atoms. The second-order valence-corrected chi connectivity index (χ2v) is 3.63. The molecule has 0 amide bonds. The van der Waals surface area contributed by atoms with Gasteiger partial charge in [0.05, 0.1) is 0 Å². The van der Waals surface area contributed by atoms with Gasteiger partial charge in [0, 0.05) is 29.2 Å². The Kier molecular flexibility index (Phi) is 4.67. The van der Waals surface area contributed by atoms with Gasteiger partial charge in [-0.15, -0.1) is 12.4 Å². The Morgan fingerprint density at radius 1 is 0.824 bits per heavy atom. The first-order valence-electron chi connectivity index (χ1n) is 5.19. The number of anilines is 3. The fraction of sp³-hybridized carbons (Fsp3) is 0.0769. The second kappa shape index (κ2) is 6.01. The summed E-state index contributed by atoms with van der Waals surface area (Å²) in [4.78, 5) is 0. The lowest BCUT2D eigenvalue weighted by Gasteiger charge is -2.11. The first-order chi connectivity index (χ1) is 7.77. The highest BCUT2D eigenvalue weighted by molar-refractivity contribution is 5.85. The molecule has 2 aromatic rings. The van der Waals surface area contributed by atoms with Crippen LogP contribution in [-0.2, 0) is 6.54 Å². The van der Waals surface area contributed by atoms with E-state index in [4.69, 9.17) is 11.5 Å². The molecule has 0 unspecified atom stereocenters. The van der Waals surface area contributed by atoms with Crippen molar-refractivity contribution >= 4 is 29.5 Å². The van der Waals surface area contributed by atoms with Crippen molar-refractivity contribution in [3.8, 4) is 0 Å². The third-order valence-electron chi connectivity index (χ3n) is 2.49. The number of halogens is 1. The van der Waals surface area contributed by atoms with Crippen LogP contribution in [0.3, 0.4) is 0 Å². The van der Waals surface area contributed by atoms with E-state index in [0.717, 1.165) is 22.6 Å². The summed E-state index contributed by atoms with van der Waals surface area (Å²) < 4.78 is 0. The van der Waals surface area contributed by atoms with Crippen LogP contribution < -0.4 is 16.8 Å². The van der Waals surface area contributed by atoms with Crippen LogP contribution in [0, 0.1) is 0 Å². The zero-order valence-corrected chi connectivity index (χ0v) is 10.2. The molecule has 0 atom stereocenters. The number of hydrogen-bond donors (Lipinski definition) is 3. The number of benzene rings is 2. The van der Waals surface area contributed by atoms with E-state index >= 15 is 0 Å². The fourth-order valence-electron chi connectivity index (χ4n) is 1.57. The Balaban J connectivity index is 0.00000144. The molecule has 17 heavy (non-hydrogen) atoms. The van der Waals surface area contributed by atoms with Crippen LogP contribution in [0.25, 0.3) is 0 Å². The lowest BCUT2D eigenvalue weighted by Crippen LogP contribution is -2.06. The normalized spacial score (nSPS) is 9.41. The molecule has 0 aromatic heterocycles. The molecule has 0 aliphatic carbocycles. The van der Waals surface area contributed by atoms with Crippen molar-refractivity contribution in [2.75, 3.05) is 16.8 Å². The number of nitrogens with one attached hydrogen (secondary N) is 1. The number of nitrogens with two attached hydrogens (primary N) is 2. The summed E-state index contributed by atoms with van der Waals surface area (Å²) in [5, 5.41) is 3.28. The summed E-state index contributed by atoms with van der Waals surface area (Å²) in [6.45, 7) is 0.641. The van der Waals surface area contributed by atoms with Crippen LogP contribution in [0.15, 0.2) is 48.5 Å². The standard InChI is InChI=1S/C13H15N3.ClH/c14-12-7-4-8-13(15)11(12)9-16-10-5-2-1-3-6-10;/h1-8,16H,9,14-15H2;1H. The molecule has 0 radical (unpaired) electrons. The van der Waals surface area contributed by atoms with Gasteiger partial charge in [0.15, 0.2) is 0 Å². The van der Waals surface area contributed by atoms with Crippen molar-refractivity contribution in [1.29, 1.82) is 0 Å². The lowest BCUT2D eigenvalue weighted by molar-refractivity contribution is 1.16. The molecule has 0 fully saturated rings. The zero-order chi connectivity index (χ0) is 11.4. The van der Waals surface area contributed by atoms with Crippen LogP contribution in [0.2, 0.25) is 0 Å². The van der Waals surface area contributed by atoms with E-state index in [1.54, 1.807) is 0 Å². The van der Waals surface area contributed by atoms with Gasteiger partial charge < -0.3 is 16.8 Å². The van der Waals surface area contributed by atoms with Crippen molar-refractivity contribution in [3.05, 3.63) is 54.1 Å². The predicted octanol–water partition coefficient (Wildman–Crippen LogP) is 2.88. The molecule has 2 rings (SSSR count). The lowest BCUT2D eigenvalue weighted by atomic mass is 10.1. The van der Waals surface area contributed by atoms with Gasteiger partial charge in [-0.05, 0) is 24.3 Å². The minimum Gasteiger partial charge on any atom is -0.398 e. The molecule has 2 aromatic carbocycles. The van der Waals surface area contributed by atoms with E-state index in [1.807, 2.05) is 48.5 Å². The highest BCUT2D eigenvalue weighted by atomic mass is 35.5. The topological polar surface area (TPSA) is 64.1 Å². The van der Waals surface area contributed by atoms with Crippen LogP contribution in [0.5, 0.6) is 0 Å². The largest absolute Gasteiger partial charge is 0.398 e.